The molecule has 0 aliphatic carbocycles. The van der Waals surface area contributed by atoms with Crippen LogP contribution in [0.5, 0.6) is 5.75 Å². The second kappa shape index (κ2) is 9.66. The van der Waals surface area contributed by atoms with Crippen molar-refractivity contribution in [3.63, 3.8) is 0 Å². The van der Waals surface area contributed by atoms with E-state index in [1.54, 1.807) is 6.20 Å². The van der Waals surface area contributed by atoms with Crippen LogP contribution in [-0.4, -0.2) is 47.5 Å². The predicted octanol–water partition coefficient (Wildman–Crippen LogP) is 2.38. The number of ether oxygens (including phenoxy) is 1. The van der Waals surface area contributed by atoms with Gasteiger partial charge in [-0.15, -0.1) is 0 Å². The lowest BCUT2D eigenvalue weighted by atomic mass is 10.0. The Morgan fingerprint density at radius 1 is 1.13 bits per heavy atom. The Labute approximate surface area is 182 Å². The number of rotatable bonds is 8. The van der Waals surface area contributed by atoms with Crippen molar-refractivity contribution in [3.05, 3.63) is 78.1 Å². The second-order valence-corrected chi connectivity index (χ2v) is 7.69. The van der Waals surface area contributed by atoms with E-state index < -0.39 is 0 Å². The van der Waals surface area contributed by atoms with Crippen molar-refractivity contribution in [2.45, 2.75) is 31.8 Å². The van der Waals surface area contributed by atoms with Crippen LogP contribution < -0.4 is 15.5 Å². The quantitative estimate of drug-likeness (QED) is 0.686. The fourth-order valence-electron chi connectivity index (χ4n) is 3.95. The van der Waals surface area contributed by atoms with E-state index in [2.05, 4.69) is 10.7 Å². The first-order valence-corrected chi connectivity index (χ1v) is 10.7. The van der Waals surface area contributed by atoms with Crippen molar-refractivity contribution in [1.82, 2.24) is 20.7 Å². The highest BCUT2D eigenvalue weighted by Crippen LogP contribution is 2.31. The van der Waals surface area contributed by atoms with Crippen molar-refractivity contribution in [3.8, 4) is 5.75 Å². The largest absolute Gasteiger partial charge is 0.494 e. The molecule has 2 unspecified atom stereocenters. The third kappa shape index (κ3) is 5.06. The highest BCUT2D eigenvalue weighted by atomic mass is 16.5. The lowest BCUT2D eigenvalue weighted by Gasteiger charge is -2.31. The zero-order chi connectivity index (χ0) is 21.6. The highest BCUT2D eigenvalue weighted by Gasteiger charge is 2.40. The van der Waals surface area contributed by atoms with Crippen molar-refractivity contribution < 1.29 is 14.3 Å². The first-order valence-electron chi connectivity index (χ1n) is 10.7. The maximum Gasteiger partial charge on any atom is 0.251 e. The molecule has 2 aliphatic rings. The van der Waals surface area contributed by atoms with Crippen molar-refractivity contribution in [1.29, 1.82) is 0 Å². The topological polar surface area (TPSA) is 73.9 Å². The molecular weight excluding hydrogens is 392 g/mol. The minimum atomic E-state index is -0.321. The molecule has 1 fully saturated rings. The van der Waals surface area contributed by atoms with Gasteiger partial charge in [0.1, 0.15) is 18.3 Å². The minimum absolute atomic E-state index is 0.0299. The maximum absolute atomic E-state index is 12.9. The molecule has 2 amide bonds. The monoisotopic (exact) mass is 420 g/mol. The fourth-order valence-corrected chi connectivity index (χ4v) is 3.95. The number of carbonyl (C=O) groups is 2. The van der Waals surface area contributed by atoms with Gasteiger partial charge in [0.15, 0.2) is 0 Å². The van der Waals surface area contributed by atoms with Crippen LogP contribution in [0.2, 0.25) is 0 Å². The van der Waals surface area contributed by atoms with E-state index in [1.807, 2.05) is 72.7 Å². The molecule has 0 radical (unpaired) electrons. The number of amides is 2. The average molecular weight is 421 g/mol. The summed E-state index contributed by atoms with van der Waals surface area (Å²) < 4.78 is 5.50. The summed E-state index contributed by atoms with van der Waals surface area (Å²) in [5, 5.41) is 4.74. The Morgan fingerprint density at radius 2 is 1.90 bits per heavy atom. The Hall–Kier alpha value is -3.32. The molecule has 162 valence electrons. The van der Waals surface area contributed by atoms with Gasteiger partial charge < -0.3 is 20.0 Å². The summed E-state index contributed by atoms with van der Waals surface area (Å²) in [5.41, 5.74) is 5.65. The van der Waals surface area contributed by atoms with Gasteiger partial charge in [-0.3, -0.25) is 9.59 Å². The molecule has 0 saturated carbocycles. The lowest BCUT2D eigenvalue weighted by molar-refractivity contribution is -0.138. The summed E-state index contributed by atoms with van der Waals surface area (Å²) in [5.74, 6) is 0.612. The van der Waals surface area contributed by atoms with Crippen molar-refractivity contribution >= 4 is 11.8 Å². The molecule has 2 atom stereocenters. The molecule has 7 nitrogen and oxygen atoms in total. The molecule has 0 bridgehead atoms. The number of hydrazine groups is 1. The van der Waals surface area contributed by atoms with E-state index in [0.717, 1.165) is 17.7 Å². The van der Waals surface area contributed by atoms with Crippen LogP contribution >= 0.6 is 0 Å². The number of fused-ring (bicyclic) bond motifs is 1. The molecule has 2 aliphatic heterocycles. The molecule has 4 rings (SSSR count). The number of hydrogen-bond acceptors (Lipinski definition) is 5. The second-order valence-electron chi connectivity index (χ2n) is 7.69. The van der Waals surface area contributed by atoms with Gasteiger partial charge in [-0.25, -0.2) is 5.43 Å². The maximum atomic E-state index is 12.9. The third-order valence-corrected chi connectivity index (χ3v) is 5.56. The molecule has 0 aromatic heterocycles. The molecule has 1 saturated heterocycles. The zero-order valence-electron chi connectivity index (χ0n) is 17.7. The summed E-state index contributed by atoms with van der Waals surface area (Å²) in [6.07, 6.45) is 4.91. The standard InChI is InChI=1S/C24H28N4O3/c1-2-31-20-10-8-19(9-11-20)21-16-22-24(30)27(14-15-28(22)26-21)17-23(29)25-13-12-18-6-4-3-5-7-18/h3-11,14-15,21-22,26H,2,12-13,16-17H2,1H3,(H,25,29). The summed E-state index contributed by atoms with van der Waals surface area (Å²) in [6, 6.07) is 17.7. The van der Waals surface area contributed by atoms with E-state index in [-0.39, 0.29) is 30.4 Å². The fraction of sp³-hybridized carbons (Fsp3) is 0.333. The van der Waals surface area contributed by atoms with Gasteiger partial charge in [0.2, 0.25) is 5.91 Å². The molecule has 2 aromatic carbocycles. The first-order chi connectivity index (χ1) is 15.1. The molecule has 2 aromatic rings. The van der Waals surface area contributed by atoms with Crippen LogP contribution in [0.15, 0.2) is 67.0 Å². The summed E-state index contributed by atoms with van der Waals surface area (Å²) in [4.78, 5) is 26.8. The van der Waals surface area contributed by atoms with Gasteiger partial charge in [-0.2, -0.15) is 0 Å². The van der Waals surface area contributed by atoms with Gasteiger partial charge in [0, 0.05) is 18.9 Å². The first kappa shape index (κ1) is 20.9. The molecule has 0 spiro atoms. The average Bonchev–Trinajstić information content (AvgIpc) is 3.22. The van der Waals surface area contributed by atoms with E-state index in [1.165, 1.54) is 10.5 Å². The molecular formula is C24H28N4O3. The minimum Gasteiger partial charge on any atom is -0.494 e. The summed E-state index contributed by atoms with van der Waals surface area (Å²) in [6.45, 7) is 3.16. The SMILES string of the molecule is CCOc1ccc(C2CC3C(=O)N(CC(=O)NCCc4ccccc4)C=CN3N2)cc1. The smallest absolute Gasteiger partial charge is 0.251 e. The van der Waals surface area contributed by atoms with E-state index in [4.69, 9.17) is 4.74 Å². The van der Waals surface area contributed by atoms with E-state index >= 15 is 0 Å². The Morgan fingerprint density at radius 3 is 2.65 bits per heavy atom. The zero-order valence-corrected chi connectivity index (χ0v) is 17.7. The van der Waals surface area contributed by atoms with E-state index in [9.17, 15) is 9.59 Å². The van der Waals surface area contributed by atoms with E-state index in [0.29, 0.717) is 19.6 Å². The Bertz CT molecular complexity index is 930. The number of nitrogens with zero attached hydrogens (tertiary/aromatic N) is 2. The van der Waals surface area contributed by atoms with Gasteiger partial charge >= 0.3 is 0 Å². The highest BCUT2D eigenvalue weighted by molar-refractivity contribution is 5.89. The van der Waals surface area contributed by atoms with Crippen LogP contribution in [0.3, 0.4) is 0 Å². The number of hydrogen-bond donors (Lipinski definition) is 2. The van der Waals surface area contributed by atoms with Crippen LogP contribution in [0.1, 0.15) is 30.5 Å². The lowest BCUT2D eigenvalue weighted by Crippen LogP contribution is -2.50. The molecule has 2 N–H and O–H groups in total. The Kier molecular flexibility index (Phi) is 6.52. The van der Waals surface area contributed by atoms with Crippen molar-refractivity contribution in [2.75, 3.05) is 19.7 Å². The van der Waals surface area contributed by atoms with Gasteiger partial charge in [0.05, 0.1) is 12.6 Å². The van der Waals surface area contributed by atoms with Crippen LogP contribution in [-0.2, 0) is 16.0 Å². The summed E-state index contributed by atoms with van der Waals surface area (Å²) >= 11 is 0. The number of carbonyl (C=O) groups excluding carboxylic acids is 2. The summed E-state index contributed by atoms with van der Waals surface area (Å²) in [7, 11) is 0. The normalized spacial score (nSPS) is 20.0. The third-order valence-electron chi connectivity index (χ3n) is 5.56. The molecule has 31 heavy (non-hydrogen) atoms. The van der Waals surface area contributed by atoms with Crippen molar-refractivity contribution in [2.24, 2.45) is 0 Å². The van der Waals surface area contributed by atoms with Gasteiger partial charge in [0.25, 0.3) is 5.91 Å². The van der Waals surface area contributed by atoms with Gasteiger partial charge in [-0.05, 0) is 43.0 Å². The van der Waals surface area contributed by atoms with Gasteiger partial charge in [-0.1, -0.05) is 42.5 Å². The van der Waals surface area contributed by atoms with Crippen LogP contribution in [0, 0.1) is 0 Å². The van der Waals surface area contributed by atoms with Crippen LogP contribution in [0.25, 0.3) is 0 Å². The molecule has 2 heterocycles. The predicted molar refractivity (Wildman–Crippen MR) is 118 cm³/mol. The number of benzene rings is 2. The number of nitrogens with one attached hydrogen (secondary N) is 2. The van der Waals surface area contributed by atoms with Crippen LogP contribution in [0.4, 0.5) is 0 Å². The Balaban J connectivity index is 1.29. The molecule has 7 heteroatoms.